The summed E-state index contributed by atoms with van der Waals surface area (Å²) in [4.78, 5) is 0.385. The Balaban J connectivity index is 2.30. The summed E-state index contributed by atoms with van der Waals surface area (Å²) in [5.74, 6) is 0.0274. The van der Waals surface area contributed by atoms with Crippen molar-refractivity contribution in [3.63, 3.8) is 0 Å². The third kappa shape index (κ3) is 3.65. The van der Waals surface area contributed by atoms with Gasteiger partial charge < -0.3 is 5.11 Å². The summed E-state index contributed by atoms with van der Waals surface area (Å²) >= 11 is 0. The Bertz CT molecular complexity index is 587. The summed E-state index contributed by atoms with van der Waals surface area (Å²) in [7, 11) is -3.54. The van der Waals surface area contributed by atoms with Crippen LogP contribution in [0, 0.1) is 26.7 Å². The number of benzene rings is 1. The molecule has 2 unspecified atom stereocenters. The summed E-state index contributed by atoms with van der Waals surface area (Å²) in [6, 6.07) is 3.63. The molecule has 1 saturated carbocycles. The van der Waals surface area contributed by atoms with E-state index in [1.54, 1.807) is 0 Å². The SMILES string of the molecule is Cc1cc(C)c(S(=O)(=O)NC2CCCCC2CO)c(C)c1. The molecule has 0 radical (unpaired) electrons. The molecule has 2 N–H and O–H groups in total. The first-order valence-corrected chi connectivity index (χ1v) is 9.04. The molecule has 5 heteroatoms. The van der Waals surface area contributed by atoms with E-state index in [1.165, 1.54) is 0 Å². The summed E-state index contributed by atoms with van der Waals surface area (Å²) < 4.78 is 28.3. The largest absolute Gasteiger partial charge is 0.396 e. The van der Waals surface area contributed by atoms with Crippen LogP contribution in [-0.4, -0.2) is 26.2 Å². The Hall–Kier alpha value is -0.910. The third-order valence-electron chi connectivity index (χ3n) is 4.32. The van der Waals surface area contributed by atoms with Crippen LogP contribution < -0.4 is 4.72 Å². The van der Waals surface area contributed by atoms with E-state index in [4.69, 9.17) is 0 Å². The van der Waals surface area contributed by atoms with E-state index in [0.717, 1.165) is 42.4 Å². The van der Waals surface area contributed by atoms with E-state index in [-0.39, 0.29) is 18.6 Å². The number of hydrogen-bond acceptors (Lipinski definition) is 3. The average molecular weight is 311 g/mol. The number of aliphatic hydroxyl groups excluding tert-OH is 1. The fourth-order valence-corrected chi connectivity index (χ4v) is 5.22. The lowest BCUT2D eigenvalue weighted by atomic mass is 9.86. The molecule has 0 bridgehead atoms. The highest BCUT2D eigenvalue weighted by molar-refractivity contribution is 7.89. The Morgan fingerprint density at radius 2 is 1.71 bits per heavy atom. The Labute approximate surface area is 127 Å². The smallest absolute Gasteiger partial charge is 0.241 e. The van der Waals surface area contributed by atoms with E-state index >= 15 is 0 Å². The van der Waals surface area contributed by atoms with Crippen molar-refractivity contribution in [2.45, 2.75) is 57.4 Å². The fraction of sp³-hybridized carbons (Fsp3) is 0.625. The lowest BCUT2D eigenvalue weighted by Gasteiger charge is -2.31. The van der Waals surface area contributed by atoms with Crippen molar-refractivity contribution in [1.82, 2.24) is 4.72 Å². The molecule has 1 aliphatic carbocycles. The van der Waals surface area contributed by atoms with Crippen molar-refractivity contribution < 1.29 is 13.5 Å². The van der Waals surface area contributed by atoms with Crippen LogP contribution in [0.5, 0.6) is 0 Å². The topological polar surface area (TPSA) is 66.4 Å². The number of aryl methyl sites for hydroxylation is 3. The van der Waals surface area contributed by atoms with Crippen LogP contribution in [0.3, 0.4) is 0 Å². The number of aliphatic hydroxyl groups is 1. The van der Waals surface area contributed by atoms with Gasteiger partial charge in [0, 0.05) is 12.6 Å². The van der Waals surface area contributed by atoms with Crippen LogP contribution >= 0.6 is 0 Å². The van der Waals surface area contributed by atoms with E-state index in [2.05, 4.69) is 4.72 Å². The van der Waals surface area contributed by atoms with Crippen LogP contribution in [0.25, 0.3) is 0 Å². The molecule has 0 aliphatic heterocycles. The maximum atomic E-state index is 12.7. The monoisotopic (exact) mass is 311 g/mol. The van der Waals surface area contributed by atoms with Crippen molar-refractivity contribution in [3.8, 4) is 0 Å². The highest BCUT2D eigenvalue weighted by Crippen LogP contribution is 2.27. The van der Waals surface area contributed by atoms with Crippen LogP contribution in [0.2, 0.25) is 0 Å². The van der Waals surface area contributed by atoms with Crippen molar-refractivity contribution in [3.05, 3.63) is 28.8 Å². The lowest BCUT2D eigenvalue weighted by molar-refractivity contribution is 0.164. The predicted octanol–water partition coefficient (Wildman–Crippen LogP) is 2.44. The molecule has 1 aliphatic rings. The number of rotatable bonds is 4. The second kappa shape index (κ2) is 6.46. The predicted molar refractivity (Wildman–Crippen MR) is 83.8 cm³/mol. The molecule has 0 amide bonds. The summed E-state index contributed by atoms with van der Waals surface area (Å²) in [5, 5.41) is 9.44. The van der Waals surface area contributed by atoms with E-state index in [0.29, 0.717) is 4.90 Å². The first kappa shape index (κ1) is 16.5. The zero-order valence-corrected chi connectivity index (χ0v) is 13.8. The zero-order valence-electron chi connectivity index (χ0n) is 13.0. The van der Waals surface area contributed by atoms with Crippen molar-refractivity contribution in [2.75, 3.05) is 6.61 Å². The second-order valence-corrected chi connectivity index (χ2v) is 7.83. The molecule has 0 saturated heterocycles. The molecule has 2 rings (SSSR count). The number of hydrogen-bond donors (Lipinski definition) is 2. The molecule has 1 aromatic carbocycles. The first-order valence-electron chi connectivity index (χ1n) is 7.56. The minimum atomic E-state index is -3.54. The molecule has 0 heterocycles. The summed E-state index contributed by atoms with van der Waals surface area (Å²) in [6.07, 6.45) is 3.76. The van der Waals surface area contributed by atoms with Crippen molar-refractivity contribution in [2.24, 2.45) is 5.92 Å². The van der Waals surface area contributed by atoms with Gasteiger partial charge in [-0.2, -0.15) is 0 Å². The minimum Gasteiger partial charge on any atom is -0.396 e. The standard InChI is InChI=1S/C16H25NO3S/c1-11-8-12(2)16(13(3)9-11)21(19,20)17-15-7-5-4-6-14(15)10-18/h8-9,14-15,17-18H,4-7,10H2,1-3H3. The second-order valence-electron chi connectivity index (χ2n) is 6.18. The Kier molecular flexibility index (Phi) is 5.07. The van der Waals surface area contributed by atoms with Gasteiger partial charge in [-0.05, 0) is 50.7 Å². The van der Waals surface area contributed by atoms with Crippen molar-refractivity contribution in [1.29, 1.82) is 0 Å². The average Bonchev–Trinajstić information content (AvgIpc) is 2.37. The van der Waals surface area contributed by atoms with Gasteiger partial charge in [0.05, 0.1) is 4.90 Å². The van der Waals surface area contributed by atoms with Crippen LogP contribution in [0.15, 0.2) is 17.0 Å². The van der Waals surface area contributed by atoms with E-state index in [1.807, 2.05) is 32.9 Å². The number of nitrogens with one attached hydrogen (secondary N) is 1. The molecular weight excluding hydrogens is 286 g/mol. The van der Waals surface area contributed by atoms with Gasteiger partial charge in [0.1, 0.15) is 0 Å². The maximum Gasteiger partial charge on any atom is 0.241 e. The van der Waals surface area contributed by atoms with Gasteiger partial charge in [0.25, 0.3) is 0 Å². The maximum absolute atomic E-state index is 12.7. The van der Waals surface area contributed by atoms with Crippen molar-refractivity contribution >= 4 is 10.0 Å². The molecule has 0 spiro atoms. The first-order chi connectivity index (χ1) is 9.85. The van der Waals surface area contributed by atoms with Gasteiger partial charge >= 0.3 is 0 Å². The number of sulfonamides is 1. The highest BCUT2D eigenvalue weighted by Gasteiger charge is 2.30. The Morgan fingerprint density at radius 3 is 2.29 bits per heavy atom. The molecule has 2 atom stereocenters. The zero-order chi connectivity index (χ0) is 15.6. The third-order valence-corrected chi connectivity index (χ3v) is 6.12. The molecule has 1 aromatic rings. The van der Waals surface area contributed by atoms with Gasteiger partial charge in [-0.25, -0.2) is 13.1 Å². The quantitative estimate of drug-likeness (QED) is 0.897. The van der Waals surface area contributed by atoms with E-state index in [9.17, 15) is 13.5 Å². The Morgan fingerprint density at radius 1 is 1.14 bits per heavy atom. The van der Waals surface area contributed by atoms with Crippen LogP contribution in [-0.2, 0) is 10.0 Å². The molecule has 1 fully saturated rings. The lowest BCUT2D eigenvalue weighted by Crippen LogP contribution is -2.43. The van der Waals surface area contributed by atoms with Gasteiger partial charge in [-0.3, -0.25) is 0 Å². The minimum absolute atomic E-state index is 0.0274. The molecule has 0 aromatic heterocycles. The van der Waals surface area contributed by atoms with Gasteiger partial charge in [-0.15, -0.1) is 0 Å². The summed E-state index contributed by atoms with van der Waals surface area (Å²) in [6.45, 7) is 5.67. The van der Waals surface area contributed by atoms with E-state index < -0.39 is 10.0 Å². The fourth-order valence-electron chi connectivity index (χ4n) is 3.43. The molecule has 118 valence electrons. The van der Waals surface area contributed by atoms with Gasteiger partial charge in [0.2, 0.25) is 10.0 Å². The van der Waals surface area contributed by atoms with Crippen LogP contribution in [0.1, 0.15) is 42.4 Å². The normalized spacial score (nSPS) is 23.2. The van der Waals surface area contributed by atoms with Crippen LogP contribution in [0.4, 0.5) is 0 Å². The molecule has 4 nitrogen and oxygen atoms in total. The van der Waals surface area contributed by atoms with Gasteiger partial charge in [-0.1, -0.05) is 30.5 Å². The summed E-state index contributed by atoms with van der Waals surface area (Å²) in [5.41, 5.74) is 2.61. The van der Waals surface area contributed by atoms with Gasteiger partial charge in [0.15, 0.2) is 0 Å². The highest BCUT2D eigenvalue weighted by atomic mass is 32.2. The molecule has 21 heavy (non-hydrogen) atoms. The molecular formula is C16H25NO3S.